The van der Waals surface area contributed by atoms with E-state index in [1.165, 1.54) is 11.1 Å². The minimum absolute atomic E-state index is 0.00294. The monoisotopic (exact) mass is 483 g/mol. The van der Waals surface area contributed by atoms with Gasteiger partial charge in [-0.05, 0) is 81.5 Å². The van der Waals surface area contributed by atoms with Gasteiger partial charge in [0.25, 0.3) is 5.91 Å². The molecule has 5 heteroatoms. The summed E-state index contributed by atoms with van der Waals surface area (Å²) in [6.07, 6.45) is 6.07. The quantitative estimate of drug-likeness (QED) is 0.217. The average molecular weight is 484 g/mol. The van der Waals surface area contributed by atoms with Gasteiger partial charge < -0.3 is 14.6 Å². The van der Waals surface area contributed by atoms with E-state index in [2.05, 4.69) is 53.2 Å². The molecule has 0 fully saturated rings. The number of carbonyl (C=O) groups excluding carboxylic acids is 1. The summed E-state index contributed by atoms with van der Waals surface area (Å²) >= 11 is 0. The molecule has 0 aliphatic carbocycles. The maximum Gasteiger partial charge on any atom is 0.251 e. The largest absolute Gasteiger partial charge is 0.494 e. The van der Waals surface area contributed by atoms with E-state index in [0.717, 1.165) is 79.9 Å². The third-order valence-corrected chi connectivity index (χ3v) is 6.44. The van der Waals surface area contributed by atoms with Crippen LogP contribution in [-0.4, -0.2) is 28.6 Å². The first-order valence-electron chi connectivity index (χ1n) is 13.1. The molecule has 5 nitrogen and oxygen atoms in total. The van der Waals surface area contributed by atoms with Crippen molar-refractivity contribution in [3.63, 3.8) is 0 Å². The molecule has 4 rings (SSSR count). The summed E-state index contributed by atoms with van der Waals surface area (Å²) in [6.45, 7) is 6.47. The Morgan fingerprint density at radius 2 is 1.69 bits per heavy atom. The fourth-order valence-electron chi connectivity index (χ4n) is 4.43. The first kappa shape index (κ1) is 25.5. The number of hydrogen-bond donors (Lipinski definition) is 1. The molecular weight excluding hydrogens is 446 g/mol. The van der Waals surface area contributed by atoms with Crippen molar-refractivity contribution in [3.8, 4) is 5.75 Å². The van der Waals surface area contributed by atoms with E-state index in [4.69, 9.17) is 9.72 Å². The molecule has 0 spiro atoms. The Labute approximate surface area is 214 Å². The van der Waals surface area contributed by atoms with Gasteiger partial charge in [0.1, 0.15) is 11.6 Å². The topological polar surface area (TPSA) is 56.2 Å². The van der Waals surface area contributed by atoms with E-state index < -0.39 is 0 Å². The highest BCUT2D eigenvalue weighted by atomic mass is 16.5. The standard InChI is InChI=1S/C31H37N3O2/c1-24-16-18-26(19-17-24)31(35)32-20-7-3-4-15-30-33-28-13-5-6-14-29(28)34(30)21-8-9-22-36-27-12-10-11-25(2)23-27/h5-6,10-14,16-19,23H,3-4,7-9,15,20-22H2,1-2H3,(H,32,35). The lowest BCUT2D eigenvalue weighted by Gasteiger charge is -2.11. The third-order valence-electron chi connectivity index (χ3n) is 6.44. The van der Waals surface area contributed by atoms with E-state index in [1.807, 2.05) is 43.3 Å². The fraction of sp³-hybridized carbons (Fsp3) is 0.355. The molecule has 1 heterocycles. The van der Waals surface area contributed by atoms with Crippen molar-refractivity contribution in [1.82, 2.24) is 14.9 Å². The Morgan fingerprint density at radius 3 is 2.53 bits per heavy atom. The summed E-state index contributed by atoms with van der Waals surface area (Å²) in [6, 6.07) is 24.3. The SMILES string of the molecule is Cc1ccc(C(=O)NCCCCCc2nc3ccccc3n2CCCCOc2cccc(C)c2)cc1. The number of benzene rings is 3. The van der Waals surface area contributed by atoms with Crippen LogP contribution >= 0.6 is 0 Å². The van der Waals surface area contributed by atoms with Gasteiger partial charge in [0.15, 0.2) is 0 Å². The molecular formula is C31H37N3O2. The first-order valence-corrected chi connectivity index (χ1v) is 13.1. The first-order chi connectivity index (χ1) is 17.6. The Hall–Kier alpha value is -3.60. The minimum Gasteiger partial charge on any atom is -0.494 e. The van der Waals surface area contributed by atoms with E-state index >= 15 is 0 Å². The molecule has 0 saturated heterocycles. The number of unbranched alkanes of at least 4 members (excludes halogenated alkanes) is 3. The number of hydrogen-bond acceptors (Lipinski definition) is 3. The molecule has 0 aliphatic rings. The lowest BCUT2D eigenvalue weighted by molar-refractivity contribution is 0.0953. The van der Waals surface area contributed by atoms with Crippen LogP contribution in [0.2, 0.25) is 0 Å². The third kappa shape index (κ3) is 7.20. The van der Waals surface area contributed by atoms with Crippen LogP contribution in [0.1, 0.15) is 59.4 Å². The molecule has 0 saturated carbocycles. The Bertz CT molecular complexity index is 1260. The fourth-order valence-corrected chi connectivity index (χ4v) is 4.43. The lowest BCUT2D eigenvalue weighted by atomic mass is 10.1. The van der Waals surface area contributed by atoms with Gasteiger partial charge in [-0.25, -0.2) is 4.98 Å². The number of imidazole rings is 1. The van der Waals surface area contributed by atoms with Crippen molar-refractivity contribution in [3.05, 3.63) is 95.3 Å². The molecule has 4 aromatic rings. The van der Waals surface area contributed by atoms with Gasteiger partial charge in [-0.15, -0.1) is 0 Å². The van der Waals surface area contributed by atoms with Crippen molar-refractivity contribution >= 4 is 16.9 Å². The Morgan fingerprint density at radius 1 is 0.861 bits per heavy atom. The van der Waals surface area contributed by atoms with Crippen LogP contribution in [0, 0.1) is 13.8 Å². The molecule has 1 amide bonds. The minimum atomic E-state index is 0.00294. The molecule has 0 unspecified atom stereocenters. The molecule has 3 aromatic carbocycles. The van der Waals surface area contributed by atoms with Gasteiger partial charge in [0, 0.05) is 25.1 Å². The summed E-state index contributed by atoms with van der Waals surface area (Å²) < 4.78 is 8.30. The second kappa shape index (κ2) is 12.9. The lowest BCUT2D eigenvalue weighted by Crippen LogP contribution is -2.24. The zero-order valence-corrected chi connectivity index (χ0v) is 21.5. The predicted molar refractivity (Wildman–Crippen MR) is 147 cm³/mol. The van der Waals surface area contributed by atoms with Crippen LogP contribution < -0.4 is 10.1 Å². The summed E-state index contributed by atoms with van der Waals surface area (Å²) in [5, 5.41) is 3.03. The van der Waals surface area contributed by atoms with Crippen LogP contribution in [0.3, 0.4) is 0 Å². The number of rotatable bonds is 13. The molecule has 0 aliphatic heterocycles. The van der Waals surface area contributed by atoms with Gasteiger partial charge in [-0.1, -0.05) is 48.4 Å². The van der Waals surface area contributed by atoms with Crippen molar-refractivity contribution < 1.29 is 9.53 Å². The maximum absolute atomic E-state index is 12.3. The van der Waals surface area contributed by atoms with Crippen molar-refractivity contribution in [2.24, 2.45) is 0 Å². The van der Waals surface area contributed by atoms with Crippen molar-refractivity contribution in [2.45, 2.75) is 58.9 Å². The number of nitrogens with one attached hydrogen (secondary N) is 1. The predicted octanol–water partition coefficient (Wildman–Crippen LogP) is 6.66. The number of fused-ring (bicyclic) bond motifs is 1. The highest BCUT2D eigenvalue weighted by Crippen LogP contribution is 2.19. The van der Waals surface area contributed by atoms with E-state index in [9.17, 15) is 4.79 Å². The zero-order valence-electron chi connectivity index (χ0n) is 21.5. The van der Waals surface area contributed by atoms with Gasteiger partial charge in [-0.2, -0.15) is 0 Å². The van der Waals surface area contributed by atoms with Gasteiger partial charge >= 0.3 is 0 Å². The molecule has 1 aromatic heterocycles. The van der Waals surface area contributed by atoms with Crippen LogP contribution in [0.4, 0.5) is 0 Å². The van der Waals surface area contributed by atoms with Crippen molar-refractivity contribution in [2.75, 3.05) is 13.2 Å². The molecule has 0 radical (unpaired) electrons. The second-order valence-electron chi connectivity index (χ2n) is 9.47. The number of aromatic nitrogens is 2. The van der Waals surface area contributed by atoms with Crippen LogP contribution in [0.15, 0.2) is 72.8 Å². The maximum atomic E-state index is 12.3. The van der Waals surface area contributed by atoms with Crippen LogP contribution in [0.5, 0.6) is 5.75 Å². The molecule has 188 valence electrons. The molecule has 1 N–H and O–H groups in total. The number of carbonyl (C=O) groups is 1. The number of ether oxygens (including phenoxy) is 1. The Kier molecular flexibility index (Phi) is 9.15. The normalized spacial score (nSPS) is 11.1. The Balaban J connectivity index is 1.21. The molecule has 0 atom stereocenters. The van der Waals surface area contributed by atoms with E-state index in [1.54, 1.807) is 0 Å². The number of aryl methyl sites for hydroxylation is 4. The molecule has 0 bridgehead atoms. The highest BCUT2D eigenvalue weighted by Gasteiger charge is 2.10. The molecule has 36 heavy (non-hydrogen) atoms. The van der Waals surface area contributed by atoms with E-state index in [-0.39, 0.29) is 5.91 Å². The summed E-state index contributed by atoms with van der Waals surface area (Å²) in [5.41, 5.74) is 5.37. The van der Waals surface area contributed by atoms with Gasteiger partial charge in [0.2, 0.25) is 0 Å². The zero-order chi connectivity index (χ0) is 25.2. The summed E-state index contributed by atoms with van der Waals surface area (Å²) in [5.74, 6) is 2.10. The number of amides is 1. The number of nitrogens with zero attached hydrogens (tertiary/aromatic N) is 2. The van der Waals surface area contributed by atoms with Crippen LogP contribution in [-0.2, 0) is 13.0 Å². The van der Waals surface area contributed by atoms with Crippen molar-refractivity contribution in [1.29, 1.82) is 0 Å². The van der Waals surface area contributed by atoms with Crippen LogP contribution in [0.25, 0.3) is 11.0 Å². The second-order valence-corrected chi connectivity index (χ2v) is 9.47. The smallest absolute Gasteiger partial charge is 0.251 e. The average Bonchev–Trinajstić information content (AvgIpc) is 3.23. The number of para-hydroxylation sites is 2. The summed E-state index contributed by atoms with van der Waals surface area (Å²) in [7, 11) is 0. The van der Waals surface area contributed by atoms with E-state index in [0.29, 0.717) is 6.54 Å². The van der Waals surface area contributed by atoms with Gasteiger partial charge in [-0.3, -0.25) is 4.79 Å². The van der Waals surface area contributed by atoms with Gasteiger partial charge in [0.05, 0.1) is 17.6 Å². The summed E-state index contributed by atoms with van der Waals surface area (Å²) in [4.78, 5) is 17.2. The highest BCUT2D eigenvalue weighted by molar-refractivity contribution is 5.94.